The Hall–Kier alpha value is -1.91. The Morgan fingerprint density at radius 3 is 2.67 bits per heavy atom. The molecule has 1 aromatic carbocycles. The molecule has 1 aromatic rings. The molecular weight excluding hydrogens is 232 g/mol. The molecule has 0 spiro atoms. The predicted molar refractivity (Wildman–Crippen MR) is 69.7 cm³/mol. The van der Waals surface area contributed by atoms with Gasteiger partial charge in [0.15, 0.2) is 0 Å². The molecule has 0 unspecified atom stereocenters. The fourth-order valence-electron chi connectivity index (χ4n) is 1.66. The first-order chi connectivity index (χ1) is 8.47. The highest BCUT2D eigenvalue weighted by atomic mass is 16.6. The van der Waals surface area contributed by atoms with E-state index in [1.807, 2.05) is 0 Å². The van der Waals surface area contributed by atoms with Gasteiger partial charge in [0.2, 0.25) is 0 Å². The number of rotatable bonds is 5. The minimum absolute atomic E-state index is 0.00950. The number of carbonyl (C=O) groups is 1. The molecule has 0 aromatic heterocycles. The molecule has 0 saturated heterocycles. The third-order valence-electron chi connectivity index (χ3n) is 2.85. The Labute approximate surface area is 107 Å². The Morgan fingerprint density at radius 1 is 1.44 bits per heavy atom. The summed E-state index contributed by atoms with van der Waals surface area (Å²) < 4.78 is 0. The van der Waals surface area contributed by atoms with Crippen molar-refractivity contribution < 1.29 is 9.72 Å². The van der Waals surface area contributed by atoms with Crippen LogP contribution in [0, 0.1) is 17.0 Å². The summed E-state index contributed by atoms with van der Waals surface area (Å²) in [5.41, 5.74) is 0.920. The molecule has 0 N–H and O–H groups in total. The van der Waals surface area contributed by atoms with Crippen LogP contribution in [0.1, 0.15) is 35.7 Å². The molecule has 5 nitrogen and oxygen atoms in total. The summed E-state index contributed by atoms with van der Waals surface area (Å²) in [5.74, 6) is -0.174. The molecule has 0 heterocycles. The van der Waals surface area contributed by atoms with Crippen LogP contribution in [0.15, 0.2) is 18.2 Å². The molecule has 0 aliphatic heterocycles. The van der Waals surface area contributed by atoms with Crippen molar-refractivity contribution in [2.24, 2.45) is 0 Å². The Balaban J connectivity index is 2.93. The lowest BCUT2D eigenvalue weighted by atomic mass is 10.1. The van der Waals surface area contributed by atoms with Crippen LogP contribution in [0.4, 0.5) is 5.69 Å². The minimum Gasteiger partial charge on any atom is -0.342 e. The second-order valence-corrected chi connectivity index (χ2v) is 4.34. The predicted octanol–water partition coefficient (Wildman–Crippen LogP) is 2.78. The van der Waals surface area contributed by atoms with Crippen LogP contribution in [-0.2, 0) is 0 Å². The van der Waals surface area contributed by atoms with Crippen molar-refractivity contribution in [3.8, 4) is 0 Å². The molecule has 0 fully saturated rings. The molecule has 0 aliphatic rings. The van der Waals surface area contributed by atoms with Crippen molar-refractivity contribution in [2.45, 2.75) is 26.7 Å². The number of unbranched alkanes of at least 4 members (excludes halogenated alkanes) is 1. The molecule has 0 saturated carbocycles. The van der Waals surface area contributed by atoms with Crippen LogP contribution in [0.3, 0.4) is 0 Å². The molecule has 0 bridgehead atoms. The summed E-state index contributed by atoms with van der Waals surface area (Å²) in [6, 6.07) is 4.59. The second-order valence-electron chi connectivity index (χ2n) is 4.34. The normalized spacial score (nSPS) is 10.2. The standard InChI is InChI=1S/C13H18N2O3/c1-4-5-8-14(3)13(16)11-7-6-10(2)12(9-11)15(17)18/h6-7,9H,4-5,8H2,1-3H3. The maximum absolute atomic E-state index is 12.0. The van der Waals surface area contributed by atoms with E-state index in [1.165, 1.54) is 6.07 Å². The van der Waals surface area contributed by atoms with Crippen LogP contribution in [0.2, 0.25) is 0 Å². The minimum atomic E-state index is -0.460. The van der Waals surface area contributed by atoms with Crippen molar-refractivity contribution in [1.82, 2.24) is 4.90 Å². The number of hydrogen-bond donors (Lipinski definition) is 0. The van der Waals surface area contributed by atoms with Crippen molar-refractivity contribution in [3.63, 3.8) is 0 Å². The zero-order valence-corrected chi connectivity index (χ0v) is 11.0. The lowest BCUT2D eigenvalue weighted by Crippen LogP contribution is -2.27. The lowest BCUT2D eigenvalue weighted by Gasteiger charge is -2.16. The van der Waals surface area contributed by atoms with Gasteiger partial charge in [0.25, 0.3) is 11.6 Å². The Kier molecular flexibility index (Phi) is 4.83. The first kappa shape index (κ1) is 14.2. The van der Waals surface area contributed by atoms with Crippen molar-refractivity contribution >= 4 is 11.6 Å². The molecular formula is C13H18N2O3. The summed E-state index contributed by atoms with van der Waals surface area (Å²) in [7, 11) is 1.71. The molecule has 18 heavy (non-hydrogen) atoms. The summed E-state index contributed by atoms with van der Waals surface area (Å²) in [6.07, 6.45) is 1.93. The molecule has 0 aliphatic carbocycles. The Bertz CT molecular complexity index is 458. The molecule has 1 rings (SSSR count). The highest BCUT2D eigenvalue weighted by Crippen LogP contribution is 2.20. The fourth-order valence-corrected chi connectivity index (χ4v) is 1.66. The van der Waals surface area contributed by atoms with Gasteiger partial charge in [-0.25, -0.2) is 0 Å². The largest absolute Gasteiger partial charge is 0.342 e. The van der Waals surface area contributed by atoms with Gasteiger partial charge in [-0.15, -0.1) is 0 Å². The van der Waals surface area contributed by atoms with E-state index in [4.69, 9.17) is 0 Å². The maximum atomic E-state index is 12.0. The summed E-state index contributed by atoms with van der Waals surface area (Å²) in [6.45, 7) is 4.37. The first-order valence-corrected chi connectivity index (χ1v) is 5.98. The highest BCUT2D eigenvalue weighted by Gasteiger charge is 2.17. The molecule has 5 heteroatoms. The van der Waals surface area contributed by atoms with Gasteiger partial charge >= 0.3 is 0 Å². The fraction of sp³-hybridized carbons (Fsp3) is 0.462. The number of carbonyl (C=O) groups excluding carboxylic acids is 1. The summed E-state index contributed by atoms with van der Waals surface area (Å²) in [5, 5.41) is 10.8. The summed E-state index contributed by atoms with van der Waals surface area (Å²) in [4.78, 5) is 24.0. The van der Waals surface area contributed by atoms with Crippen LogP contribution >= 0.6 is 0 Å². The van der Waals surface area contributed by atoms with Gasteiger partial charge in [0, 0.05) is 30.8 Å². The van der Waals surface area contributed by atoms with Crippen LogP contribution in [0.25, 0.3) is 0 Å². The highest BCUT2D eigenvalue weighted by molar-refractivity contribution is 5.94. The third-order valence-corrected chi connectivity index (χ3v) is 2.85. The van der Waals surface area contributed by atoms with E-state index in [1.54, 1.807) is 31.0 Å². The number of amides is 1. The van der Waals surface area contributed by atoms with Gasteiger partial charge in [-0.1, -0.05) is 19.4 Å². The zero-order valence-electron chi connectivity index (χ0n) is 11.0. The molecule has 1 amide bonds. The monoisotopic (exact) mass is 250 g/mol. The van der Waals surface area contributed by atoms with Gasteiger partial charge in [-0.3, -0.25) is 14.9 Å². The third kappa shape index (κ3) is 3.29. The zero-order chi connectivity index (χ0) is 13.7. The van der Waals surface area contributed by atoms with Gasteiger partial charge in [-0.2, -0.15) is 0 Å². The first-order valence-electron chi connectivity index (χ1n) is 5.98. The molecule has 98 valence electrons. The lowest BCUT2D eigenvalue weighted by molar-refractivity contribution is -0.385. The van der Waals surface area contributed by atoms with Crippen LogP contribution in [0.5, 0.6) is 0 Å². The van der Waals surface area contributed by atoms with E-state index in [-0.39, 0.29) is 11.6 Å². The van der Waals surface area contributed by atoms with Gasteiger partial charge in [-0.05, 0) is 19.4 Å². The van der Waals surface area contributed by atoms with Crippen molar-refractivity contribution in [3.05, 3.63) is 39.4 Å². The van der Waals surface area contributed by atoms with E-state index in [0.717, 1.165) is 12.8 Å². The quantitative estimate of drug-likeness (QED) is 0.596. The number of benzene rings is 1. The van der Waals surface area contributed by atoms with E-state index >= 15 is 0 Å². The SMILES string of the molecule is CCCCN(C)C(=O)c1ccc(C)c([N+](=O)[O-])c1. The second kappa shape index (κ2) is 6.14. The number of hydrogen-bond acceptors (Lipinski definition) is 3. The molecule has 0 radical (unpaired) electrons. The van der Waals surface area contributed by atoms with E-state index < -0.39 is 4.92 Å². The van der Waals surface area contributed by atoms with Crippen molar-refractivity contribution in [2.75, 3.05) is 13.6 Å². The average molecular weight is 250 g/mol. The van der Waals surface area contributed by atoms with Gasteiger partial charge in [0.1, 0.15) is 0 Å². The van der Waals surface area contributed by atoms with Gasteiger partial charge < -0.3 is 4.90 Å². The van der Waals surface area contributed by atoms with Crippen LogP contribution in [-0.4, -0.2) is 29.3 Å². The van der Waals surface area contributed by atoms with E-state index in [0.29, 0.717) is 17.7 Å². The number of aryl methyl sites for hydroxylation is 1. The molecule has 0 atom stereocenters. The Morgan fingerprint density at radius 2 is 2.11 bits per heavy atom. The average Bonchev–Trinajstić information content (AvgIpc) is 2.35. The van der Waals surface area contributed by atoms with Gasteiger partial charge in [0.05, 0.1) is 4.92 Å². The number of nitrogens with zero attached hydrogens (tertiary/aromatic N) is 2. The smallest absolute Gasteiger partial charge is 0.273 e. The van der Waals surface area contributed by atoms with E-state index in [2.05, 4.69) is 6.92 Å². The van der Waals surface area contributed by atoms with Crippen molar-refractivity contribution in [1.29, 1.82) is 0 Å². The summed E-state index contributed by atoms with van der Waals surface area (Å²) >= 11 is 0. The number of nitro groups is 1. The number of nitro benzene ring substituents is 1. The van der Waals surface area contributed by atoms with Crippen LogP contribution < -0.4 is 0 Å². The maximum Gasteiger partial charge on any atom is 0.273 e. The van der Waals surface area contributed by atoms with E-state index in [9.17, 15) is 14.9 Å². The topological polar surface area (TPSA) is 63.5 Å².